The number of rotatable bonds is 2. The first-order chi connectivity index (χ1) is 8.45. The first-order valence-corrected chi connectivity index (χ1v) is 5.45. The van der Waals surface area contributed by atoms with Gasteiger partial charge in [-0.25, -0.2) is 4.79 Å². The van der Waals surface area contributed by atoms with E-state index in [2.05, 4.69) is 4.98 Å². The number of hydrogen-bond donors (Lipinski definition) is 4. The largest absolute Gasteiger partial charge is 0.394 e. The number of aryl methyl sites for hydroxylation is 1. The van der Waals surface area contributed by atoms with E-state index < -0.39 is 35.6 Å². The molecule has 2 rings (SSSR count). The summed E-state index contributed by atoms with van der Waals surface area (Å²) in [6.45, 7) is -0.349. The summed E-state index contributed by atoms with van der Waals surface area (Å²) >= 11 is 0. The van der Waals surface area contributed by atoms with Gasteiger partial charge in [0.2, 0.25) is 0 Å². The van der Waals surface area contributed by atoms with E-state index in [4.69, 9.17) is 15.6 Å². The van der Waals surface area contributed by atoms with E-state index in [9.17, 15) is 14.7 Å². The first-order valence-electron chi connectivity index (χ1n) is 5.45. The fourth-order valence-corrected chi connectivity index (χ4v) is 1.99. The molecular formula is C10H15N3O5. The molecule has 8 heteroatoms. The first kappa shape index (κ1) is 13.0. The lowest BCUT2D eigenvalue weighted by atomic mass is 10.0. The number of aromatic amines is 1. The molecule has 1 fully saturated rings. The van der Waals surface area contributed by atoms with Crippen molar-refractivity contribution >= 4 is 0 Å². The van der Waals surface area contributed by atoms with Crippen molar-refractivity contribution in [2.75, 3.05) is 6.61 Å². The van der Waals surface area contributed by atoms with Gasteiger partial charge >= 0.3 is 5.69 Å². The summed E-state index contributed by atoms with van der Waals surface area (Å²) in [7, 11) is 1.46. The number of hydrogen-bond acceptors (Lipinski definition) is 6. The molecule has 18 heavy (non-hydrogen) atoms. The highest BCUT2D eigenvalue weighted by Crippen LogP contribution is 2.30. The quantitative estimate of drug-likeness (QED) is 0.452. The van der Waals surface area contributed by atoms with Crippen LogP contribution in [0.2, 0.25) is 0 Å². The zero-order valence-electron chi connectivity index (χ0n) is 9.74. The zero-order chi connectivity index (χ0) is 13.4. The summed E-state index contributed by atoms with van der Waals surface area (Å²) in [5, 5.41) is 18.9. The molecule has 2 heterocycles. The maximum atomic E-state index is 11.7. The Hall–Kier alpha value is -1.48. The number of nitrogens with zero attached hydrogens (tertiary/aromatic N) is 1. The molecule has 5 N–H and O–H groups in total. The van der Waals surface area contributed by atoms with Crippen molar-refractivity contribution in [3.05, 3.63) is 32.6 Å². The average Bonchev–Trinajstić information content (AvgIpc) is 2.61. The van der Waals surface area contributed by atoms with Gasteiger partial charge in [-0.15, -0.1) is 0 Å². The number of aliphatic hydroxyl groups excluding tert-OH is 2. The predicted molar refractivity (Wildman–Crippen MR) is 61.0 cm³/mol. The van der Waals surface area contributed by atoms with Gasteiger partial charge in [0.25, 0.3) is 5.56 Å². The van der Waals surface area contributed by atoms with Crippen molar-refractivity contribution in [1.82, 2.24) is 9.55 Å². The molecule has 1 aliphatic rings. The minimum atomic E-state index is -1.11. The molecule has 8 nitrogen and oxygen atoms in total. The van der Waals surface area contributed by atoms with Crippen molar-refractivity contribution < 1.29 is 14.9 Å². The number of aliphatic hydroxyl groups is 2. The minimum Gasteiger partial charge on any atom is -0.394 e. The lowest BCUT2D eigenvalue weighted by Crippen LogP contribution is -2.41. The molecule has 1 aromatic heterocycles. The van der Waals surface area contributed by atoms with Crippen molar-refractivity contribution in [3.8, 4) is 0 Å². The van der Waals surface area contributed by atoms with Crippen LogP contribution in [0.25, 0.3) is 0 Å². The van der Waals surface area contributed by atoms with Crippen molar-refractivity contribution in [2.24, 2.45) is 12.8 Å². The Morgan fingerprint density at radius 3 is 2.78 bits per heavy atom. The molecular weight excluding hydrogens is 242 g/mol. The second kappa shape index (κ2) is 4.65. The third-order valence-electron chi connectivity index (χ3n) is 3.08. The average molecular weight is 257 g/mol. The normalized spacial score (nSPS) is 31.8. The van der Waals surface area contributed by atoms with Crippen molar-refractivity contribution in [1.29, 1.82) is 0 Å². The molecule has 0 bridgehead atoms. The minimum absolute atomic E-state index is 0.107. The lowest BCUT2D eigenvalue weighted by molar-refractivity contribution is -0.0123. The van der Waals surface area contributed by atoms with Crippen LogP contribution in [0.5, 0.6) is 0 Å². The fraction of sp³-hybridized carbons (Fsp3) is 0.600. The van der Waals surface area contributed by atoms with E-state index >= 15 is 0 Å². The molecule has 0 radical (unpaired) electrons. The maximum absolute atomic E-state index is 11.7. The fourth-order valence-electron chi connectivity index (χ4n) is 1.99. The number of nitrogens with one attached hydrogen (secondary N) is 1. The SMILES string of the molecule is Cn1cc(C2OC(CO)C(N)C2O)c(=O)[nH]c1=O. The highest BCUT2D eigenvalue weighted by Gasteiger charge is 2.43. The van der Waals surface area contributed by atoms with Crippen LogP contribution in [0, 0.1) is 0 Å². The second-order valence-electron chi connectivity index (χ2n) is 4.30. The summed E-state index contributed by atoms with van der Waals surface area (Å²) in [5.74, 6) is 0. The molecule has 4 unspecified atom stereocenters. The lowest BCUT2D eigenvalue weighted by Gasteiger charge is -2.14. The van der Waals surface area contributed by atoms with Crippen LogP contribution in [-0.2, 0) is 11.8 Å². The van der Waals surface area contributed by atoms with Gasteiger partial charge < -0.3 is 25.3 Å². The van der Waals surface area contributed by atoms with Gasteiger partial charge in [0.05, 0.1) is 24.3 Å². The summed E-state index contributed by atoms with van der Waals surface area (Å²) < 4.78 is 6.51. The molecule has 1 aromatic rings. The Kier molecular flexibility index (Phi) is 3.35. The molecule has 0 saturated carbocycles. The molecule has 0 aromatic carbocycles. The van der Waals surface area contributed by atoms with Gasteiger partial charge in [-0.2, -0.15) is 0 Å². The Labute approximate surface area is 102 Å². The van der Waals surface area contributed by atoms with E-state index in [-0.39, 0.29) is 12.2 Å². The highest BCUT2D eigenvalue weighted by atomic mass is 16.5. The molecule has 0 amide bonds. The van der Waals surface area contributed by atoms with Gasteiger partial charge in [0, 0.05) is 13.2 Å². The van der Waals surface area contributed by atoms with Crippen LogP contribution < -0.4 is 17.0 Å². The summed E-state index contributed by atoms with van der Waals surface area (Å²) in [5.41, 5.74) is 4.58. The van der Waals surface area contributed by atoms with Crippen LogP contribution in [-0.4, -0.2) is 44.6 Å². The third-order valence-corrected chi connectivity index (χ3v) is 3.08. The van der Waals surface area contributed by atoms with Gasteiger partial charge in [0.1, 0.15) is 12.2 Å². The summed E-state index contributed by atoms with van der Waals surface area (Å²) in [4.78, 5) is 25.0. The molecule has 1 aliphatic heterocycles. The topological polar surface area (TPSA) is 131 Å². The van der Waals surface area contributed by atoms with Crippen molar-refractivity contribution in [3.63, 3.8) is 0 Å². The van der Waals surface area contributed by atoms with Crippen LogP contribution in [0.3, 0.4) is 0 Å². The van der Waals surface area contributed by atoms with Crippen LogP contribution in [0.1, 0.15) is 11.7 Å². The molecule has 4 atom stereocenters. The van der Waals surface area contributed by atoms with Gasteiger partial charge in [-0.3, -0.25) is 9.78 Å². The zero-order valence-corrected chi connectivity index (χ0v) is 9.74. The molecule has 0 spiro atoms. The summed E-state index contributed by atoms with van der Waals surface area (Å²) in [6, 6.07) is -0.781. The van der Waals surface area contributed by atoms with Crippen LogP contribution in [0.15, 0.2) is 15.8 Å². The second-order valence-corrected chi connectivity index (χ2v) is 4.30. The number of aromatic nitrogens is 2. The Balaban J connectivity index is 2.42. The van der Waals surface area contributed by atoms with Crippen LogP contribution >= 0.6 is 0 Å². The van der Waals surface area contributed by atoms with Gasteiger partial charge in [-0.1, -0.05) is 0 Å². The predicted octanol–water partition coefficient (Wildman–Crippen LogP) is -2.81. The van der Waals surface area contributed by atoms with E-state index in [0.717, 1.165) is 0 Å². The molecule has 0 aliphatic carbocycles. The monoisotopic (exact) mass is 257 g/mol. The third kappa shape index (κ3) is 1.99. The van der Waals surface area contributed by atoms with E-state index in [1.54, 1.807) is 0 Å². The maximum Gasteiger partial charge on any atom is 0.328 e. The highest BCUT2D eigenvalue weighted by molar-refractivity contribution is 5.14. The summed E-state index contributed by atoms with van der Waals surface area (Å²) in [6.07, 6.45) is -1.50. The number of ether oxygens (including phenoxy) is 1. The number of H-pyrrole nitrogens is 1. The van der Waals surface area contributed by atoms with Crippen LogP contribution in [0.4, 0.5) is 0 Å². The van der Waals surface area contributed by atoms with Gasteiger partial charge in [0.15, 0.2) is 0 Å². The Bertz CT molecular complexity index is 551. The van der Waals surface area contributed by atoms with E-state index in [1.807, 2.05) is 0 Å². The van der Waals surface area contributed by atoms with E-state index in [0.29, 0.717) is 0 Å². The number of nitrogens with two attached hydrogens (primary N) is 1. The standard InChI is InChI=1S/C10H15N3O5/c1-13-2-4(9(16)12-10(13)17)8-7(15)6(11)5(3-14)18-8/h2,5-8,14-15H,3,11H2,1H3,(H,12,16,17). The van der Waals surface area contributed by atoms with E-state index in [1.165, 1.54) is 17.8 Å². The molecule has 100 valence electrons. The molecule has 1 saturated heterocycles. The van der Waals surface area contributed by atoms with Crippen molar-refractivity contribution in [2.45, 2.75) is 24.4 Å². The Morgan fingerprint density at radius 2 is 2.22 bits per heavy atom. The Morgan fingerprint density at radius 1 is 1.56 bits per heavy atom. The smallest absolute Gasteiger partial charge is 0.328 e. The van der Waals surface area contributed by atoms with Gasteiger partial charge in [-0.05, 0) is 0 Å².